The van der Waals surface area contributed by atoms with Gasteiger partial charge in [-0.2, -0.15) is 0 Å². The molecule has 33 heavy (non-hydrogen) atoms. The summed E-state index contributed by atoms with van der Waals surface area (Å²) < 4.78 is 11.3. The number of hydrogen-bond donors (Lipinski definition) is 3. The summed E-state index contributed by atoms with van der Waals surface area (Å²) in [4.78, 5) is 24.8. The molecular formula is C25H24N4O4. The fraction of sp³-hybridized carbons (Fsp3) is 0.160. The maximum absolute atomic E-state index is 13.2. The molecule has 4 rings (SSSR count). The quantitative estimate of drug-likeness (QED) is 0.387. The van der Waals surface area contributed by atoms with Gasteiger partial charge in [-0.25, -0.2) is 4.79 Å². The highest BCUT2D eigenvalue weighted by molar-refractivity contribution is 6.09. The highest BCUT2D eigenvalue weighted by Crippen LogP contribution is 2.29. The van der Waals surface area contributed by atoms with Crippen LogP contribution in [0, 0.1) is 13.8 Å². The van der Waals surface area contributed by atoms with Crippen molar-refractivity contribution in [3.8, 4) is 5.75 Å². The molecule has 0 fully saturated rings. The second-order valence-electron chi connectivity index (χ2n) is 7.53. The standard InChI is InChI=1S/C25H24N4O4/c1-15-22(16(2)33-29-15)14-32-23-12-18-8-5-4-7-17(18)11-21(23)24(30)27-19-9-6-10-20(13-19)28-25(31)26-3/h4-13H,14H2,1-3H3,(H,27,30)(H2,26,28,31). The van der Waals surface area contributed by atoms with Gasteiger partial charge in [0.25, 0.3) is 5.91 Å². The minimum Gasteiger partial charge on any atom is -0.488 e. The van der Waals surface area contributed by atoms with Crippen molar-refractivity contribution in [2.24, 2.45) is 0 Å². The molecule has 0 aliphatic heterocycles. The number of benzene rings is 3. The SMILES string of the molecule is CNC(=O)Nc1cccc(NC(=O)c2cc3ccccc3cc2OCc2c(C)noc2C)c1. The fourth-order valence-corrected chi connectivity index (χ4v) is 3.44. The largest absolute Gasteiger partial charge is 0.488 e. The third-order valence-electron chi connectivity index (χ3n) is 5.25. The molecule has 1 aromatic heterocycles. The Labute approximate surface area is 190 Å². The number of aromatic nitrogens is 1. The molecule has 3 amide bonds. The Bertz CT molecular complexity index is 1310. The van der Waals surface area contributed by atoms with Crippen LogP contribution in [-0.4, -0.2) is 24.1 Å². The van der Waals surface area contributed by atoms with Crippen molar-refractivity contribution in [2.45, 2.75) is 20.5 Å². The van der Waals surface area contributed by atoms with Crippen LogP contribution in [0.3, 0.4) is 0 Å². The maximum Gasteiger partial charge on any atom is 0.318 e. The van der Waals surface area contributed by atoms with Gasteiger partial charge in [0, 0.05) is 18.4 Å². The molecule has 3 aromatic carbocycles. The summed E-state index contributed by atoms with van der Waals surface area (Å²) in [6, 6.07) is 18.0. The normalized spacial score (nSPS) is 10.6. The van der Waals surface area contributed by atoms with E-state index in [0.717, 1.165) is 22.0 Å². The summed E-state index contributed by atoms with van der Waals surface area (Å²) in [5.74, 6) is 0.803. The van der Waals surface area contributed by atoms with Gasteiger partial charge in [-0.05, 0) is 55.0 Å². The average molecular weight is 444 g/mol. The van der Waals surface area contributed by atoms with Gasteiger partial charge in [0.1, 0.15) is 18.1 Å². The van der Waals surface area contributed by atoms with E-state index in [1.54, 1.807) is 30.3 Å². The molecule has 8 heteroatoms. The molecule has 0 aliphatic rings. The van der Waals surface area contributed by atoms with Gasteiger partial charge < -0.3 is 25.2 Å². The summed E-state index contributed by atoms with van der Waals surface area (Å²) >= 11 is 0. The maximum atomic E-state index is 13.2. The van der Waals surface area contributed by atoms with Gasteiger partial charge in [0.2, 0.25) is 0 Å². The second-order valence-corrected chi connectivity index (χ2v) is 7.53. The highest BCUT2D eigenvalue weighted by atomic mass is 16.5. The first-order chi connectivity index (χ1) is 15.9. The lowest BCUT2D eigenvalue weighted by Crippen LogP contribution is -2.24. The number of ether oxygens (including phenoxy) is 1. The lowest BCUT2D eigenvalue weighted by Gasteiger charge is -2.14. The number of carbonyl (C=O) groups excluding carboxylic acids is 2. The number of nitrogens with one attached hydrogen (secondary N) is 3. The predicted octanol–water partition coefficient (Wildman–Crippen LogP) is 5.03. The number of amides is 3. The van der Waals surface area contributed by atoms with Crippen molar-refractivity contribution in [3.05, 3.63) is 83.2 Å². The molecule has 0 atom stereocenters. The molecule has 0 spiro atoms. The van der Waals surface area contributed by atoms with E-state index in [4.69, 9.17) is 9.26 Å². The molecule has 4 aromatic rings. The van der Waals surface area contributed by atoms with Crippen LogP contribution in [0.2, 0.25) is 0 Å². The van der Waals surface area contributed by atoms with Crippen molar-refractivity contribution in [1.82, 2.24) is 10.5 Å². The van der Waals surface area contributed by atoms with Crippen LogP contribution in [0.1, 0.15) is 27.4 Å². The molecule has 3 N–H and O–H groups in total. The Hall–Kier alpha value is -4.33. The van der Waals surface area contributed by atoms with E-state index in [2.05, 4.69) is 21.1 Å². The van der Waals surface area contributed by atoms with E-state index in [0.29, 0.717) is 28.4 Å². The van der Waals surface area contributed by atoms with Crippen LogP contribution in [0.25, 0.3) is 10.8 Å². The third kappa shape index (κ3) is 4.95. The number of nitrogens with zero attached hydrogens (tertiary/aromatic N) is 1. The Kier molecular flexibility index (Phi) is 6.26. The molecule has 0 saturated carbocycles. The zero-order chi connectivity index (χ0) is 23.4. The number of urea groups is 1. The van der Waals surface area contributed by atoms with E-state index in [9.17, 15) is 9.59 Å². The van der Waals surface area contributed by atoms with Crippen molar-refractivity contribution < 1.29 is 18.8 Å². The molecule has 168 valence electrons. The minimum absolute atomic E-state index is 0.228. The first-order valence-electron chi connectivity index (χ1n) is 10.4. The first-order valence-corrected chi connectivity index (χ1v) is 10.4. The topological polar surface area (TPSA) is 105 Å². The lowest BCUT2D eigenvalue weighted by molar-refractivity contribution is 0.102. The number of aryl methyl sites for hydroxylation is 2. The van der Waals surface area contributed by atoms with E-state index in [1.165, 1.54) is 7.05 Å². The lowest BCUT2D eigenvalue weighted by atomic mass is 10.0. The second kappa shape index (κ2) is 9.44. The number of rotatable bonds is 6. The van der Waals surface area contributed by atoms with E-state index in [1.807, 2.05) is 44.2 Å². The van der Waals surface area contributed by atoms with Gasteiger partial charge in [-0.3, -0.25) is 4.79 Å². The Morgan fingerprint density at radius 1 is 0.939 bits per heavy atom. The predicted molar refractivity (Wildman–Crippen MR) is 127 cm³/mol. The molecule has 0 saturated heterocycles. The van der Waals surface area contributed by atoms with Gasteiger partial charge in [-0.1, -0.05) is 35.5 Å². The summed E-state index contributed by atoms with van der Waals surface area (Å²) in [6.45, 7) is 3.90. The zero-order valence-corrected chi connectivity index (χ0v) is 18.6. The summed E-state index contributed by atoms with van der Waals surface area (Å²) in [5.41, 5.74) is 3.09. The Morgan fingerprint density at radius 3 is 2.30 bits per heavy atom. The van der Waals surface area contributed by atoms with Crippen LogP contribution in [-0.2, 0) is 6.61 Å². The molecular weight excluding hydrogens is 420 g/mol. The molecule has 0 radical (unpaired) electrons. The highest BCUT2D eigenvalue weighted by Gasteiger charge is 2.17. The van der Waals surface area contributed by atoms with Crippen molar-refractivity contribution in [2.75, 3.05) is 17.7 Å². The van der Waals surface area contributed by atoms with Crippen LogP contribution < -0.4 is 20.7 Å². The minimum atomic E-state index is -0.344. The van der Waals surface area contributed by atoms with Crippen molar-refractivity contribution >= 4 is 34.1 Å². The fourth-order valence-electron chi connectivity index (χ4n) is 3.44. The zero-order valence-electron chi connectivity index (χ0n) is 18.6. The van der Waals surface area contributed by atoms with Crippen LogP contribution in [0.5, 0.6) is 5.75 Å². The summed E-state index contributed by atoms with van der Waals surface area (Å²) in [6.07, 6.45) is 0. The Balaban J connectivity index is 1.63. The number of anilines is 2. The van der Waals surface area contributed by atoms with Gasteiger partial charge in [-0.15, -0.1) is 0 Å². The van der Waals surface area contributed by atoms with Crippen molar-refractivity contribution in [1.29, 1.82) is 0 Å². The van der Waals surface area contributed by atoms with Gasteiger partial charge >= 0.3 is 6.03 Å². The number of hydrogen-bond acceptors (Lipinski definition) is 5. The number of carbonyl (C=O) groups is 2. The van der Waals surface area contributed by atoms with Crippen LogP contribution in [0.15, 0.2) is 65.2 Å². The van der Waals surface area contributed by atoms with Crippen LogP contribution in [0.4, 0.5) is 16.2 Å². The summed E-state index contributed by atoms with van der Waals surface area (Å²) in [5, 5.41) is 13.9. The molecule has 8 nitrogen and oxygen atoms in total. The summed E-state index contributed by atoms with van der Waals surface area (Å²) in [7, 11) is 1.53. The number of fused-ring (bicyclic) bond motifs is 1. The molecule has 0 unspecified atom stereocenters. The smallest absolute Gasteiger partial charge is 0.318 e. The van der Waals surface area contributed by atoms with Crippen molar-refractivity contribution in [3.63, 3.8) is 0 Å². The van der Waals surface area contributed by atoms with E-state index >= 15 is 0 Å². The van der Waals surface area contributed by atoms with Crippen LogP contribution >= 0.6 is 0 Å². The molecule has 0 aliphatic carbocycles. The average Bonchev–Trinajstić information content (AvgIpc) is 3.14. The van der Waals surface area contributed by atoms with E-state index < -0.39 is 0 Å². The van der Waals surface area contributed by atoms with Gasteiger partial charge in [0.15, 0.2) is 0 Å². The van der Waals surface area contributed by atoms with Gasteiger partial charge in [0.05, 0.1) is 16.8 Å². The van der Waals surface area contributed by atoms with E-state index in [-0.39, 0.29) is 18.5 Å². The third-order valence-corrected chi connectivity index (χ3v) is 5.25. The molecule has 1 heterocycles. The molecule has 0 bridgehead atoms. The Morgan fingerprint density at radius 2 is 1.64 bits per heavy atom. The monoisotopic (exact) mass is 444 g/mol. The first kappa shape index (κ1) is 21.9.